The number of carboxylic acids is 1. The first-order chi connectivity index (χ1) is 11.3. The number of carboxylic acid groups (broad SMARTS) is 1. The van der Waals surface area contributed by atoms with Crippen LogP contribution in [0, 0.1) is 11.8 Å². The molecule has 1 aromatic carbocycles. The van der Waals surface area contributed by atoms with Gasteiger partial charge in [0, 0.05) is 18.8 Å². The van der Waals surface area contributed by atoms with Gasteiger partial charge in [-0.15, -0.1) is 0 Å². The molecule has 0 saturated carbocycles. The summed E-state index contributed by atoms with van der Waals surface area (Å²) in [5.74, 6) is 2.96. The molecule has 1 saturated heterocycles. The van der Waals surface area contributed by atoms with E-state index in [0.717, 1.165) is 38.2 Å². The fourth-order valence-electron chi connectivity index (χ4n) is 3.08. The Balaban J connectivity index is 1.56. The molecule has 1 aliphatic heterocycles. The summed E-state index contributed by atoms with van der Waals surface area (Å²) in [6.07, 6.45) is 5.73. The van der Waals surface area contributed by atoms with E-state index in [9.17, 15) is 4.79 Å². The Morgan fingerprint density at radius 2 is 1.83 bits per heavy atom. The van der Waals surface area contributed by atoms with Crippen molar-refractivity contribution in [1.82, 2.24) is 0 Å². The van der Waals surface area contributed by atoms with Crippen molar-refractivity contribution in [3.63, 3.8) is 0 Å². The van der Waals surface area contributed by atoms with E-state index in [1.54, 1.807) is 0 Å². The number of benzene rings is 1. The van der Waals surface area contributed by atoms with Crippen LogP contribution in [0.15, 0.2) is 30.3 Å². The molecule has 1 aliphatic rings. The zero-order valence-corrected chi connectivity index (χ0v) is 14.6. The van der Waals surface area contributed by atoms with Crippen LogP contribution in [0.5, 0.6) is 0 Å². The maximum absolute atomic E-state index is 10.5. The molecule has 1 fully saturated rings. The van der Waals surface area contributed by atoms with E-state index in [1.165, 1.54) is 24.2 Å². The van der Waals surface area contributed by atoms with Gasteiger partial charge in [-0.2, -0.15) is 11.8 Å². The molecule has 1 aromatic rings. The van der Waals surface area contributed by atoms with Crippen LogP contribution in [0.4, 0.5) is 0 Å². The highest BCUT2D eigenvalue weighted by Gasteiger charge is 2.27. The van der Waals surface area contributed by atoms with Crippen molar-refractivity contribution in [2.24, 2.45) is 11.8 Å². The molecule has 2 unspecified atom stereocenters. The summed E-state index contributed by atoms with van der Waals surface area (Å²) in [6, 6.07) is 10.6. The molecular formula is C19H28O3S. The van der Waals surface area contributed by atoms with Gasteiger partial charge in [-0.25, -0.2) is 0 Å². The van der Waals surface area contributed by atoms with Crippen molar-refractivity contribution in [2.75, 3.05) is 19.0 Å². The molecule has 0 spiro atoms. The largest absolute Gasteiger partial charge is 0.481 e. The first kappa shape index (κ1) is 18.3. The zero-order valence-electron chi connectivity index (χ0n) is 13.8. The zero-order chi connectivity index (χ0) is 16.3. The van der Waals surface area contributed by atoms with Crippen LogP contribution in [0.1, 0.15) is 44.1 Å². The Kier molecular flexibility index (Phi) is 8.54. The second kappa shape index (κ2) is 10.7. The Labute approximate surface area is 143 Å². The Morgan fingerprint density at radius 1 is 1.09 bits per heavy atom. The lowest BCUT2D eigenvalue weighted by Crippen LogP contribution is -2.15. The van der Waals surface area contributed by atoms with Crippen molar-refractivity contribution < 1.29 is 14.6 Å². The topological polar surface area (TPSA) is 46.5 Å². The summed E-state index contributed by atoms with van der Waals surface area (Å²) < 4.78 is 5.69. The Morgan fingerprint density at radius 3 is 2.61 bits per heavy atom. The number of rotatable bonds is 11. The lowest BCUT2D eigenvalue weighted by molar-refractivity contribution is -0.137. The summed E-state index contributed by atoms with van der Waals surface area (Å²) in [4.78, 5) is 10.5. The second-order valence-corrected chi connectivity index (χ2v) is 7.44. The van der Waals surface area contributed by atoms with E-state index < -0.39 is 5.97 Å². The van der Waals surface area contributed by atoms with Gasteiger partial charge < -0.3 is 9.84 Å². The van der Waals surface area contributed by atoms with Crippen molar-refractivity contribution in [2.45, 2.75) is 44.3 Å². The van der Waals surface area contributed by atoms with Crippen molar-refractivity contribution in [3.05, 3.63) is 35.9 Å². The van der Waals surface area contributed by atoms with Crippen molar-refractivity contribution >= 4 is 17.7 Å². The monoisotopic (exact) mass is 336 g/mol. The molecule has 4 heteroatoms. The first-order valence-electron chi connectivity index (χ1n) is 8.67. The van der Waals surface area contributed by atoms with Crippen LogP contribution in [0.2, 0.25) is 0 Å². The smallest absolute Gasteiger partial charge is 0.303 e. The molecule has 2 rings (SSSR count). The highest BCUT2D eigenvalue weighted by atomic mass is 32.2. The minimum absolute atomic E-state index is 0.311. The van der Waals surface area contributed by atoms with Gasteiger partial charge in [0.25, 0.3) is 0 Å². The van der Waals surface area contributed by atoms with E-state index in [-0.39, 0.29) is 0 Å². The quantitative estimate of drug-likeness (QED) is 0.600. The molecule has 2 atom stereocenters. The number of hydrogen-bond acceptors (Lipinski definition) is 3. The van der Waals surface area contributed by atoms with Gasteiger partial charge >= 0.3 is 5.97 Å². The molecule has 128 valence electrons. The van der Waals surface area contributed by atoms with Gasteiger partial charge in [0.1, 0.15) is 0 Å². The molecule has 1 N–H and O–H groups in total. The van der Waals surface area contributed by atoms with E-state index in [2.05, 4.69) is 30.3 Å². The van der Waals surface area contributed by atoms with Crippen LogP contribution in [-0.2, 0) is 15.3 Å². The van der Waals surface area contributed by atoms with Gasteiger partial charge in [-0.3, -0.25) is 4.79 Å². The summed E-state index contributed by atoms with van der Waals surface area (Å²) >= 11 is 2.01. The van der Waals surface area contributed by atoms with Crippen LogP contribution < -0.4 is 0 Å². The molecule has 1 heterocycles. The third-order valence-electron chi connectivity index (χ3n) is 4.49. The average Bonchev–Trinajstić information content (AvgIpc) is 2.99. The molecule has 0 amide bonds. The number of carbonyl (C=O) groups is 1. The third kappa shape index (κ3) is 7.40. The SMILES string of the molecule is O=C(O)CCCCCCC1COCC1CSCc1ccccc1. The fraction of sp³-hybridized carbons (Fsp3) is 0.632. The minimum Gasteiger partial charge on any atom is -0.481 e. The summed E-state index contributed by atoms with van der Waals surface area (Å²) in [5.41, 5.74) is 1.39. The minimum atomic E-state index is -0.676. The molecule has 0 bridgehead atoms. The molecule has 0 radical (unpaired) electrons. The van der Waals surface area contributed by atoms with E-state index in [4.69, 9.17) is 9.84 Å². The lowest BCUT2D eigenvalue weighted by atomic mass is 9.92. The molecule has 23 heavy (non-hydrogen) atoms. The van der Waals surface area contributed by atoms with Crippen molar-refractivity contribution in [1.29, 1.82) is 0 Å². The number of unbranched alkanes of at least 4 members (excludes halogenated alkanes) is 3. The number of ether oxygens (including phenoxy) is 1. The molecule has 0 aromatic heterocycles. The maximum Gasteiger partial charge on any atom is 0.303 e. The van der Waals surface area contributed by atoms with E-state index in [0.29, 0.717) is 18.3 Å². The van der Waals surface area contributed by atoms with Crippen molar-refractivity contribution in [3.8, 4) is 0 Å². The highest BCUT2D eigenvalue weighted by molar-refractivity contribution is 7.98. The van der Waals surface area contributed by atoms with E-state index in [1.807, 2.05) is 11.8 Å². The fourth-order valence-corrected chi connectivity index (χ4v) is 4.30. The van der Waals surface area contributed by atoms with Crippen LogP contribution in [0.25, 0.3) is 0 Å². The van der Waals surface area contributed by atoms with E-state index >= 15 is 0 Å². The third-order valence-corrected chi connectivity index (χ3v) is 5.69. The van der Waals surface area contributed by atoms with Crippen LogP contribution in [0.3, 0.4) is 0 Å². The van der Waals surface area contributed by atoms with Gasteiger partial charge in [0.15, 0.2) is 0 Å². The lowest BCUT2D eigenvalue weighted by Gasteiger charge is -2.17. The predicted octanol–water partition coefficient (Wildman–Crippen LogP) is 4.61. The predicted molar refractivity (Wildman–Crippen MR) is 95.7 cm³/mol. The van der Waals surface area contributed by atoms with Gasteiger partial charge in [0.2, 0.25) is 0 Å². The Bertz CT molecular complexity index is 449. The normalized spacial score (nSPS) is 20.7. The van der Waals surface area contributed by atoms with Crippen LogP contribution in [-0.4, -0.2) is 30.0 Å². The summed E-state index contributed by atoms with van der Waals surface area (Å²) in [5, 5.41) is 8.62. The Hall–Kier alpha value is -1.00. The standard InChI is InChI=1S/C19H28O3S/c20-19(21)11-7-2-1-6-10-17-12-22-13-18(17)15-23-14-16-8-4-3-5-9-16/h3-5,8-9,17-18H,1-2,6-7,10-15H2,(H,20,21). The second-order valence-electron chi connectivity index (χ2n) is 6.40. The summed E-state index contributed by atoms with van der Waals surface area (Å²) in [7, 11) is 0. The maximum atomic E-state index is 10.5. The van der Waals surface area contributed by atoms with Gasteiger partial charge in [-0.05, 0) is 36.0 Å². The molecule has 0 aliphatic carbocycles. The van der Waals surface area contributed by atoms with Gasteiger partial charge in [0.05, 0.1) is 6.61 Å². The van der Waals surface area contributed by atoms with Crippen LogP contribution >= 0.6 is 11.8 Å². The van der Waals surface area contributed by atoms with Gasteiger partial charge in [-0.1, -0.05) is 49.6 Å². The average molecular weight is 336 g/mol. The molecule has 3 nitrogen and oxygen atoms in total. The highest BCUT2D eigenvalue weighted by Crippen LogP contribution is 2.30. The first-order valence-corrected chi connectivity index (χ1v) is 9.82. The number of hydrogen-bond donors (Lipinski definition) is 1. The number of aliphatic carboxylic acids is 1. The summed E-state index contributed by atoms with van der Waals surface area (Å²) in [6.45, 7) is 1.82. The number of thioether (sulfide) groups is 1. The molecular weight excluding hydrogens is 308 g/mol.